The molecule has 1 N–H and O–H groups in total. The first-order valence-corrected chi connectivity index (χ1v) is 9.54. The van der Waals surface area contributed by atoms with Crippen LogP contribution in [0.25, 0.3) is 0 Å². The van der Waals surface area contributed by atoms with Crippen molar-refractivity contribution < 1.29 is 9.90 Å². The van der Waals surface area contributed by atoms with Crippen LogP contribution in [0.4, 0.5) is 0 Å². The Kier molecular flexibility index (Phi) is 4.83. The van der Waals surface area contributed by atoms with Crippen LogP contribution >= 0.6 is 0 Å². The van der Waals surface area contributed by atoms with Crippen molar-refractivity contribution in [2.75, 3.05) is 6.54 Å². The third-order valence-corrected chi connectivity index (χ3v) is 5.28. The van der Waals surface area contributed by atoms with Gasteiger partial charge in [-0.1, -0.05) is 30.3 Å². The number of carbonyl (C=O) groups is 1. The predicted molar refractivity (Wildman–Crippen MR) is 107 cm³/mol. The SMILES string of the molecule is CC(C)N1C[C@H]([C@@H](c2ccccc2)n2ccc(C#N)n2)n2ncc(=O)c(O)c2C1=O. The summed E-state index contributed by atoms with van der Waals surface area (Å²) in [5, 5.41) is 28.2. The van der Waals surface area contributed by atoms with Gasteiger partial charge in [0.25, 0.3) is 5.91 Å². The minimum Gasteiger partial charge on any atom is -0.502 e. The summed E-state index contributed by atoms with van der Waals surface area (Å²) < 4.78 is 3.07. The van der Waals surface area contributed by atoms with Crippen LogP contribution in [-0.2, 0) is 0 Å². The number of benzene rings is 1. The molecule has 0 saturated carbocycles. The third kappa shape index (κ3) is 3.12. The van der Waals surface area contributed by atoms with Crippen LogP contribution in [0.3, 0.4) is 0 Å². The molecule has 9 nitrogen and oxygen atoms in total. The molecular weight excluding hydrogens is 384 g/mol. The molecule has 0 unspecified atom stereocenters. The summed E-state index contributed by atoms with van der Waals surface area (Å²) in [5.74, 6) is -1.07. The minimum atomic E-state index is -0.707. The first-order valence-electron chi connectivity index (χ1n) is 9.54. The Bertz CT molecular complexity index is 1190. The lowest BCUT2D eigenvalue weighted by molar-refractivity contribution is 0.0547. The maximum atomic E-state index is 13.0. The number of nitriles is 1. The first-order chi connectivity index (χ1) is 14.4. The first kappa shape index (κ1) is 19.4. The second kappa shape index (κ2) is 7.48. The summed E-state index contributed by atoms with van der Waals surface area (Å²) in [4.78, 5) is 26.6. The lowest BCUT2D eigenvalue weighted by Gasteiger charge is -2.40. The summed E-state index contributed by atoms with van der Waals surface area (Å²) in [6, 6.07) is 12.1. The Morgan fingerprint density at radius 2 is 1.93 bits per heavy atom. The van der Waals surface area contributed by atoms with Crippen molar-refractivity contribution in [1.82, 2.24) is 24.5 Å². The second-order valence-electron chi connectivity index (χ2n) is 7.42. The number of hydrogen-bond donors (Lipinski definition) is 1. The zero-order valence-electron chi connectivity index (χ0n) is 16.5. The molecule has 0 fully saturated rings. The van der Waals surface area contributed by atoms with Crippen molar-refractivity contribution in [3.05, 3.63) is 76.0 Å². The van der Waals surface area contributed by atoms with Gasteiger partial charge in [-0.15, -0.1) is 0 Å². The van der Waals surface area contributed by atoms with Gasteiger partial charge in [0, 0.05) is 18.8 Å². The van der Waals surface area contributed by atoms with Crippen molar-refractivity contribution in [1.29, 1.82) is 5.26 Å². The summed E-state index contributed by atoms with van der Waals surface area (Å²) in [5.41, 5.74) is 0.306. The number of aromatic hydroxyl groups is 1. The Labute approximate surface area is 172 Å². The summed E-state index contributed by atoms with van der Waals surface area (Å²) in [7, 11) is 0. The Hall–Kier alpha value is -3.93. The van der Waals surface area contributed by atoms with Gasteiger partial charge >= 0.3 is 0 Å². The molecule has 1 amide bonds. The summed E-state index contributed by atoms with van der Waals surface area (Å²) >= 11 is 0. The smallest absolute Gasteiger partial charge is 0.276 e. The maximum Gasteiger partial charge on any atom is 0.276 e. The van der Waals surface area contributed by atoms with Gasteiger partial charge in [-0.25, -0.2) is 4.68 Å². The zero-order chi connectivity index (χ0) is 21.4. The van der Waals surface area contributed by atoms with E-state index in [1.807, 2.05) is 50.2 Å². The van der Waals surface area contributed by atoms with Crippen LogP contribution in [0.5, 0.6) is 5.75 Å². The molecule has 0 bridgehead atoms. The van der Waals surface area contributed by atoms with Crippen LogP contribution in [-0.4, -0.2) is 48.1 Å². The van der Waals surface area contributed by atoms with Crippen molar-refractivity contribution >= 4 is 5.91 Å². The molecule has 3 aromatic rings. The van der Waals surface area contributed by atoms with E-state index in [0.29, 0.717) is 6.54 Å². The summed E-state index contributed by atoms with van der Waals surface area (Å²) in [6.45, 7) is 4.03. The van der Waals surface area contributed by atoms with Crippen LogP contribution in [0, 0.1) is 11.3 Å². The molecule has 0 aliphatic carbocycles. The monoisotopic (exact) mass is 404 g/mol. The molecule has 0 radical (unpaired) electrons. The molecule has 0 saturated heterocycles. The van der Waals surface area contributed by atoms with Crippen molar-refractivity contribution in [3.8, 4) is 11.8 Å². The van der Waals surface area contributed by atoms with Gasteiger partial charge < -0.3 is 10.0 Å². The van der Waals surface area contributed by atoms with Gasteiger partial charge in [0.1, 0.15) is 12.1 Å². The number of fused-ring (bicyclic) bond motifs is 1. The van der Waals surface area contributed by atoms with Crippen molar-refractivity contribution in [3.63, 3.8) is 0 Å². The van der Waals surface area contributed by atoms with E-state index in [2.05, 4.69) is 10.2 Å². The molecular formula is C21H20N6O3. The highest BCUT2D eigenvalue weighted by Crippen LogP contribution is 2.36. The van der Waals surface area contributed by atoms with E-state index in [1.54, 1.807) is 21.8 Å². The Balaban J connectivity index is 1.95. The Morgan fingerprint density at radius 1 is 1.20 bits per heavy atom. The molecule has 4 rings (SSSR count). The Morgan fingerprint density at radius 3 is 2.57 bits per heavy atom. The normalized spacial score (nSPS) is 16.9. The summed E-state index contributed by atoms with van der Waals surface area (Å²) in [6.07, 6.45) is 2.71. The van der Waals surface area contributed by atoms with Gasteiger partial charge in [0.05, 0.1) is 12.2 Å². The maximum absolute atomic E-state index is 13.0. The number of aromatic nitrogens is 4. The fourth-order valence-corrected chi connectivity index (χ4v) is 3.84. The van der Waals surface area contributed by atoms with Crippen LogP contribution in [0.1, 0.15) is 47.7 Å². The van der Waals surface area contributed by atoms with Crippen LogP contribution in [0.15, 0.2) is 53.6 Å². The highest BCUT2D eigenvalue weighted by molar-refractivity contribution is 5.95. The molecule has 1 aliphatic rings. The third-order valence-electron chi connectivity index (χ3n) is 5.28. The van der Waals surface area contributed by atoms with Crippen molar-refractivity contribution in [2.24, 2.45) is 0 Å². The van der Waals surface area contributed by atoms with Gasteiger partial charge in [0.2, 0.25) is 5.43 Å². The van der Waals surface area contributed by atoms with Gasteiger partial charge in [-0.3, -0.25) is 14.3 Å². The molecule has 9 heteroatoms. The number of nitrogens with zero attached hydrogens (tertiary/aromatic N) is 6. The molecule has 30 heavy (non-hydrogen) atoms. The van der Waals surface area contributed by atoms with E-state index in [9.17, 15) is 20.0 Å². The zero-order valence-corrected chi connectivity index (χ0v) is 16.5. The topological polar surface area (TPSA) is 117 Å². The van der Waals surface area contributed by atoms with E-state index in [4.69, 9.17) is 0 Å². The molecule has 152 valence electrons. The van der Waals surface area contributed by atoms with E-state index in [0.717, 1.165) is 11.8 Å². The van der Waals surface area contributed by atoms with E-state index in [-0.39, 0.29) is 17.4 Å². The average Bonchev–Trinajstić information content (AvgIpc) is 3.21. The van der Waals surface area contributed by atoms with Gasteiger partial charge in [-0.05, 0) is 25.5 Å². The minimum absolute atomic E-state index is 0.138. The number of rotatable bonds is 4. The molecule has 3 heterocycles. The lowest BCUT2D eigenvalue weighted by atomic mass is 9.96. The standard InChI is InChI=1S/C21H20N6O3/c1-13(2)25-12-16(27-19(21(25)30)20(29)17(28)11-23-27)18(14-6-4-3-5-7-14)26-9-8-15(10-22)24-26/h3-9,11,13,16,18,29H,12H2,1-2H3/t16-,18-/m1/s1. The average molecular weight is 404 g/mol. The highest BCUT2D eigenvalue weighted by Gasteiger charge is 2.40. The molecule has 1 aliphatic heterocycles. The van der Waals surface area contributed by atoms with Gasteiger partial charge in [0.15, 0.2) is 17.1 Å². The fraction of sp³-hybridized carbons (Fsp3) is 0.286. The van der Waals surface area contributed by atoms with Crippen LogP contribution in [0.2, 0.25) is 0 Å². The molecule has 2 atom stereocenters. The second-order valence-corrected chi connectivity index (χ2v) is 7.42. The molecule has 0 spiro atoms. The number of carbonyl (C=O) groups excluding carboxylic acids is 1. The molecule has 2 aromatic heterocycles. The van der Waals surface area contributed by atoms with Crippen LogP contribution < -0.4 is 5.43 Å². The quantitative estimate of drug-likeness (QED) is 0.707. The van der Waals surface area contributed by atoms with Crippen molar-refractivity contribution in [2.45, 2.75) is 32.0 Å². The highest BCUT2D eigenvalue weighted by atomic mass is 16.3. The fourth-order valence-electron chi connectivity index (χ4n) is 3.84. The lowest BCUT2D eigenvalue weighted by Crippen LogP contribution is -2.50. The van der Waals surface area contributed by atoms with E-state index < -0.39 is 29.2 Å². The molecule has 1 aromatic carbocycles. The van der Waals surface area contributed by atoms with E-state index >= 15 is 0 Å². The largest absolute Gasteiger partial charge is 0.502 e. The number of amides is 1. The van der Waals surface area contributed by atoms with E-state index in [1.165, 1.54) is 4.68 Å². The van der Waals surface area contributed by atoms with Gasteiger partial charge in [-0.2, -0.15) is 15.5 Å². The predicted octanol–water partition coefficient (Wildman–Crippen LogP) is 1.71. The number of hydrogen-bond acceptors (Lipinski definition) is 6.